The smallest absolute Gasteiger partial charge is 0.152 e. The minimum Gasteiger partial charge on any atom is -0.510 e. The molecule has 0 aliphatic heterocycles. The summed E-state index contributed by atoms with van der Waals surface area (Å²) in [7, 11) is 0. The molecule has 0 amide bonds. The van der Waals surface area contributed by atoms with Crippen molar-refractivity contribution in [3.8, 4) is 6.07 Å². The molecule has 0 aliphatic rings. The number of aromatic amines is 1. The maximum atomic E-state index is 9.46. The number of para-hydroxylation sites is 2. The Balaban J connectivity index is 2.60. The van der Waals surface area contributed by atoms with Crippen molar-refractivity contribution < 1.29 is 5.11 Å². The lowest BCUT2D eigenvalue weighted by Crippen LogP contribution is -1.92. The molecule has 0 saturated heterocycles. The number of allylic oxidation sites excluding steroid dienone is 2. The van der Waals surface area contributed by atoms with Gasteiger partial charge >= 0.3 is 0 Å². The summed E-state index contributed by atoms with van der Waals surface area (Å²) >= 11 is 5.47. The van der Waals surface area contributed by atoms with Gasteiger partial charge in [-0.15, -0.1) is 11.6 Å². The van der Waals surface area contributed by atoms with Gasteiger partial charge in [-0.3, -0.25) is 0 Å². The van der Waals surface area contributed by atoms with Gasteiger partial charge in [-0.05, 0) is 12.1 Å². The Morgan fingerprint density at radius 1 is 1.50 bits per heavy atom. The molecule has 0 spiro atoms. The van der Waals surface area contributed by atoms with Gasteiger partial charge in [-0.1, -0.05) is 12.1 Å². The Morgan fingerprint density at radius 3 is 2.88 bits per heavy atom. The van der Waals surface area contributed by atoms with Gasteiger partial charge in [0.25, 0.3) is 0 Å². The van der Waals surface area contributed by atoms with Crippen molar-refractivity contribution in [3.63, 3.8) is 0 Å². The first kappa shape index (κ1) is 10.5. The fourth-order valence-electron chi connectivity index (χ4n) is 1.39. The van der Waals surface area contributed by atoms with Crippen LogP contribution >= 0.6 is 11.6 Å². The molecule has 16 heavy (non-hydrogen) atoms. The maximum Gasteiger partial charge on any atom is 0.152 e. The van der Waals surface area contributed by atoms with Crippen LogP contribution in [0.2, 0.25) is 0 Å². The second kappa shape index (κ2) is 4.25. The topological polar surface area (TPSA) is 72.7 Å². The highest BCUT2D eigenvalue weighted by Gasteiger charge is 2.11. The number of alkyl halides is 1. The molecule has 0 fully saturated rings. The van der Waals surface area contributed by atoms with E-state index in [0.29, 0.717) is 5.82 Å². The minimum absolute atomic E-state index is 0.0752. The molecule has 5 heteroatoms. The second-order valence-electron chi connectivity index (χ2n) is 3.17. The van der Waals surface area contributed by atoms with Crippen molar-refractivity contribution in [2.24, 2.45) is 0 Å². The Kier molecular flexibility index (Phi) is 2.80. The highest BCUT2D eigenvalue weighted by molar-refractivity contribution is 6.19. The number of aromatic nitrogens is 2. The molecule has 2 N–H and O–H groups in total. The Bertz CT molecular complexity index is 562. The van der Waals surface area contributed by atoms with Gasteiger partial charge in [0, 0.05) is 0 Å². The van der Waals surface area contributed by atoms with E-state index in [4.69, 9.17) is 16.9 Å². The quantitative estimate of drug-likeness (QED) is 0.476. The van der Waals surface area contributed by atoms with Crippen LogP contribution in [-0.2, 0) is 0 Å². The van der Waals surface area contributed by atoms with Crippen LogP contribution in [0.4, 0.5) is 0 Å². The lowest BCUT2D eigenvalue weighted by Gasteiger charge is -1.96. The first-order valence-corrected chi connectivity index (χ1v) is 5.13. The number of hydrogen-bond donors (Lipinski definition) is 2. The van der Waals surface area contributed by atoms with Gasteiger partial charge in [0.15, 0.2) is 5.82 Å². The number of nitrogens with zero attached hydrogens (tertiary/aromatic N) is 2. The van der Waals surface area contributed by atoms with E-state index in [1.54, 1.807) is 0 Å². The van der Waals surface area contributed by atoms with Crippen LogP contribution in [0.25, 0.3) is 16.6 Å². The highest BCUT2D eigenvalue weighted by Crippen LogP contribution is 2.18. The number of aliphatic hydroxyl groups is 1. The SMILES string of the molecule is N#C/C(=C(/O)CCl)c1nc2ccccc2[nH]1. The van der Waals surface area contributed by atoms with Gasteiger partial charge in [-0.2, -0.15) is 5.26 Å². The molecular formula is C11H8ClN3O. The molecule has 4 nitrogen and oxygen atoms in total. The zero-order chi connectivity index (χ0) is 11.5. The van der Waals surface area contributed by atoms with E-state index in [0.717, 1.165) is 11.0 Å². The van der Waals surface area contributed by atoms with Gasteiger partial charge in [0.05, 0.1) is 16.9 Å². The predicted octanol–water partition coefficient (Wildman–Crippen LogP) is 2.59. The summed E-state index contributed by atoms with van der Waals surface area (Å²) in [4.78, 5) is 7.15. The van der Waals surface area contributed by atoms with Crippen LogP contribution in [-0.4, -0.2) is 21.0 Å². The normalized spacial score (nSPS) is 12.2. The van der Waals surface area contributed by atoms with E-state index < -0.39 is 0 Å². The average molecular weight is 234 g/mol. The van der Waals surface area contributed by atoms with Crippen molar-refractivity contribution in [2.45, 2.75) is 0 Å². The second-order valence-corrected chi connectivity index (χ2v) is 3.44. The van der Waals surface area contributed by atoms with Crippen molar-refractivity contribution in [2.75, 3.05) is 5.88 Å². The number of rotatable bonds is 2. The maximum absolute atomic E-state index is 9.46. The van der Waals surface area contributed by atoms with Crippen LogP contribution in [0.15, 0.2) is 30.0 Å². The first-order valence-electron chi connectivity index (χ1n) is 4.59. The molecule has 1 heterocycles. The molecule has 2 rings (SSSR count). The molecule has 0 atom stereocenters. The number of imidazole rings is 1. The van der Waals surface area contributed by atoms with Crippen molar-refractivity contribution in [1.29, 1.82) is 5.26 Å². The van der Waals surface area contributed by atoms with Gasteiger partial charge in [-0.25, -0.2) is 4.98 Å². The van der Waals surface area contributed by atoms with E-state index in [9.17, 15) is 5.11 Å². The van der Waals surface area contributed by atoms with Crippen LogP contribution in [0, 0.1) is 11.3 Å². The summed E-state index contributed by atoms with van der Waals surface area (Å²) in [5.41, 5.74) is 1.63. The Labute approximate surface area is 96.8 Å². The molecule has 1 aromatic heterocycles. The molecule has 0 unspecified atom stereocenters. The molecule has 1 aromatic carbocycles. The number of fused-ring (bicyclic) bond motifs is 1. The average Bonchev–Trinajstić information content (AvgIpc) is 2.72. The largest absolute Gasteiger partial charge is 0.510 e. The number of H-pyrrole nitrogens is 1. The third kappa shape index (κ3) is 1.73. The molecule has 0 saturated carbocycles. The summed E-state index contributed by atoms with van der Waals surface area (Å²) in [5, 5.41) is 18.4. The summed E-state index contributed by atoms with van der Waals surface area (Å²) in [6.45, 7) is 0. The zero-order valence-electron chi connectivity index (χ0n) is 8.24. The van der Waals surface area contributed by atoms with Gasteiger partial charge < -0.3 is 10.1 Å². The fraction of sp³-hybridized carbons (Fsp3) is 0.0909. The minimum atomic E-state index is -0.178. The Morgan fingerprint density at radius 2 is 2.25 bits per heavy atom. The van der Waals surface area contributed by atoms with Crippen LogP contribution in [0.5, 0.6) is 0 Å². The monoisotopic (exact) mass is 233 g/mol. The molecule has 80 valence electrons. The molecular weight excluding hydrogens is 226 g/mol. The number of benzene rings is 1. The van der Waals surface area contributed by atoms with Gasteiger partial charge in [0.2, 0.25) is 0 Å². The first-order chi connectivity index (χ1) is 7.76. The van der Waals surface area contributed by atoms with Crippen LogP contribution in [0.3, 0.4) is 0 Å². The zero-order valence-corrected chi connectivity index (χ0v) is 8.99. The van der Waals surface area contributed by atoms with E-state index in [1.165, 1.54) is 0 Å². The summed E-state index contributed by atoms with van der Waals surface area (Å²) in [6.07, 6.45) is 0. The predicted molar refractivity (Wildman–Crippen MR) is 62.0 cm³/mol. The van der Waals surface area contributed by atoms with E-state index in [-0.39, 0.29) is 17.2 Å². The van der Waals surface area contributed by atoms with E-state index in [2.05, 4.69) is 9.97 Å². The van der Waals surface area contributed by atoms with Crippen molar-refractivity contribution >= 4 is 28.2 Å². The fourth-order valence-corrected chi connectivity index (χ4v) is 1.53. The van der Waals surface area contributed by atoms with E-state index in [1.807, 2.05) is 30.3 Å². The summed E-state index contributed by atoms with van der Waals surface area (Å²) in [6, 6.07) is 9.26. The van der Waals surface area contributed by atoms with E-state index >= 15 is 0 Å². The van der Waals surface area contributed by atoms with Gasteiger partial charge in [0.1, 0.15) is 17.4 Å². The molecule has 0 radical (unpaired) electrons. The molecule has 0 aliphatic carbocycles. The van der Waals surface area contributed by atoms with Crippen molar-refractivity contribution in [3.05, 3.63) is 35.8 Å². The highest BCUT2D eigenvalue weighted by atomic mass is 35.5. The van der Waals surface area contributed by atoms with Crippen LogP contribution in [0.1, 0.15) is 5.82 Å². The molecule has 0 bridgehead atoms. The lowest BCUT2D eigenvalue weighted by molar-refractivity contribution is 0.419. The third-order valence-electron chi connectivity index (χ3n) is 2.15. The standard InChI is InChI=1S/C11H8ClN3O/c12-5-10(16)7(6-13)11-14-8-3-1-2-4-9(8)15-11/h1-4,16H,5H2,(H,14,15)/b10-7-. The number of aliphatic hydroxyl groups excluding tert-OH is 1. The molecule has 2 aromatic rings. The summed E-state index contributed by atoms with van der Waals surface area (Å²) < 4.78 is 0. The number of nitrogens with one attached hydrogen (secondary N) is 1. The number of hydrogen-bond acceptors (Lipinski definition) is 3. The number of halogens is 1. The lowest BCUT2D eigenvalue weighted by atomic mass is 10.2. The third-order valence-corrected chi connectivity index (χ3v) is 2.41. The Hall–Kier alpha value is -1.99. The van der Waals surface area contributed by atoms with Crippen LogP contribution < -0.4 is 0 Å². The van der Waals surface area contributed by atoms with Crippen molar-refractivity contribution in [1.82, 2.24) is 9.97 Å². The number of nitriles is 1. The summed E-state index contributed by atoms with van der Waals surface area (Å²) in [5.74, 6) is 0.0463.